The van der Waals surface area contributed by atoms with E-state index < -0.39 is 16.1 Å². The standard InChI is InChI=1S/C13H20Cl2N2O3S/c1-8-6-11(14)10(3)13(12(8)15)21(19,20)17-5-4-16-7-9(2)18/h6,9,16-18H,4-5,7H2,1-3H3. The zero-order valence-electron chi connectivity index (χ0n) is 12.2. The molecule has 0 aromatic heterocycles. The summed E-state index contributed by atoms with van der Waals surface area (Å²) in [6.07, 6.45) is -0.478. The molecule has 8 heteroatoms. The predicted molar refractivity (Wildman–Crippen MR) is 85.7 cm³/mol. The van der Waals surface area contributed by atoms with E-state index in [4.69, 9.17) is 28.3 Å². The minimum Gasteiger partial charge on any atom is -0.392 e. The molecular weight excluding hydrogens is 335 g/mol. The van der Waals surface area contributed by atoms with E-state index in [1.54, 1.807) is 26.8 Å². The Balaban J connectivity index is 2.84. The van der Waals surface area contributed by atoms with Gasteiger partial charge in [-0.25, -0.2) is 13.1 Å². The SMILES string of the molecule is Cc1cc(Cl)c(C)c(S(=O)(=O)NCCNCC(C)O)c1Cl. The molecule has 1 unspecified atom stereocenters. The summed E-state index contributed by atoms with van der Waals surface area (Å²) in [5.74, 6) is 0. The van der Waals surface area contributed by atoms with E-state index in [0.717, 1.165) is 0 Å². The van der Waals surface area contributed by atoms with Gasteiger partial charge < -0.3 is 10.4 Å². The number of benzene rings is 1. The summed E-state index contributed by atoms with van der Waals surface area (Å²) in [5, 5.41) is 12.6. The number of nitrogens with one attached hydrogen (secondary N) is 2. The van der Waals surface area contributed by atoms with Gasteiger partial charge >= 0.3 is 0 Å². The van der Waals surface area contributed by atoms with Crippen LogP contribution in [0.15, 0.2) is 11.0 Å². The Kier molecular flexibility index (Phi) is 6.90. The Hall–Kier alpha value is -0.370. The number of aryl methyl sites for hydroxylation is 1. The first kappa shape index (κ1) is 18.7. The summed E-state index contributed by atoms with van der Waals surface area (Å²) in [6.45, 7) is 5.97. The van der Waals surface area contributed by atoms with Gasteiger partial charge in [0.1, 0.15) is 4.90 Å². The fraction of sp³-hybridized carbons (Fsp3) is 0.538. The monoisotopic (exact) mass is 354 g/mol. The predicted octanol–water partition coefficient (Wildman–Crippen LogP) is 1.86. The number of sulfonamides is 1. The summed E-state index contributed by atoms with van der Waals surface area (Å²) < 4.78 is 27.2. The lowest BCUT2D eigenvalue weighted by Gasteiger charge is -2.14. The number of aliphatic hydroxyl groups excluding tert-OH is 1. The van der Waals surface area contributed by atoms with Gasteiger partial charge in [-0.1, -0.05) is 23.2 Å². The largest absolute Gasteiger partial charge is 0.392 e. The maximum atomic E-state index is 12.3. The van der Waals surface area contributed by atoms with Crippen LogP contribution >= 0.6 is 23.2 Å². The van der Waals surface area contributed by atoms with Gasteiger partial charge in [0.25, 0.3) is 0 Å². The highest BCUT2D eigenvalue weighted by Crippen LogP contribution is 2.33. The van der Waals surface area contributed by atoms with Gasteiger partial charge in [-0.15, -0.1) is 0 Å². The van der Waals surface area contributed by atoms with E-state index in [0.29, 0.717) is 29.2 Å². The first-order valence-corrected chi connectivity index (χ1v) is 8.74. The molecule has 0 aliphatic heterocycles. The van der Waals surface area contributed by atoms with Crippen LogP contribution in [0.25, 0.3) is 0 Å². The molecule has 1 rings (SSSR count). The third-order valence-corrected chi connectivity index (χ3v) is 5.51. The Bertz CT molecular complexity index is 578. The Morgan fingerprint density at radius 3 is 2.48 bits per heavy atom. The van der Waals surface area contributed by atoms with E-state index in [9.17, 15) is 8.42 Å². The quantitative estimate of drug-likeness (QED) is 0.653. The molecule has 21 heavy (non-hydrogen) atoms. The molecule has 0 saturated heterocycles. The maximum absolute atomic E-state index is 12.3. The first-order chi connectivity index (χ1) is 9.66. The molecule has 3 N–H and O–H groups in total. The molecule has 0 fully saturated rings. The lowest BCUT2D eigenvalue weighted by molar-refractivity contribution is 0.192. The van der Waals surface area contributed by atoms with Gasteiger partial charge in [0, 0.05) is 24.7 Å². The van der Waals surface area contributed by atoms with Crippen LogP contribution in [0.1, 0.15) is 18.1 Å². The highest BCUT2D eigenvalue weighted by molar-refractivity contribution is 7.89. The first-order valence-electron chi connectivity index (χ1n) is 6.50. The Labute approximate surface area is 135 Å². The third-order valence-electron chi connectivity index (χ3n) is 2.89. The van der Waals surface area contributed by atoms with Crippen molar-refractivity contribution in [3.8, 4) is 0 Å². The molecule has 0 aliphatic carbocycles. The molecule has 1 aromatic rings. The third kappa shape index (κ3) is 5.09. The molecule has 0 heterocycles. The van der Waals surface area contributed by atoms with Gasteiger partial charge in [-0.3, -0.25) is 0 Å². The Morgan fingerprint density at radius 2 is 1.90 bits per heavy atom. The van der Waals surface area contributed by atoms with Gasteiger partial charge in [0.05, 0.1) is 11.1 Å². The smallest absolute Gasteiger partial charge is 0.242 e. The van der Waals surface area contributed by atoms with Crippen LogP contribution in [0.4, 0.5) is 0 Å². The number of halogens is 2. The minimum atomic E-state index is -3.74. The average Bonchev–Trinajstić information content (AvgIpc) is 2.35. The fourth-order valence-electron chi connectivity index (χ4n) is 1.79. The number of hydrogen-bond acceptors (Lipinski definition) is 4. The highest BCUT2D eigenvalue weighted by atomic mass is 35.5. The van der Waals surface area contributed by atoms with E-state index >= 15 is 0 Å². The van der Waals surface area contributed by atoms with Crippen LogP contribution in [-0.4, -0.2) is 39.3 Å². The molecule has 1 atom stereocenters. The lowest BCUT2D eigenvalue weighted by atomic mass is 10.2. The second kappa shape index (κ2) is 7.76. The number of aliphatic hydroxyl groups is 1. The van der Waals surface area contributed by atoms with Crippen LogP contribution in [0.2, 0.25) is 10.0 Å². The topological polar surface area (TPSA) is 78.4 Å². The number of hydrogen-bond donors (Lipinski definition) is 3. The molecule has 0 bridgehead atoms. The molecule has 5 nitrogen and oxygen atoms in total. The van der Waals surface area contributed by atoms with Gasteiger partial charge in [-0.05, 0) is 38.0 Å². The van der Waals surface area contributed by atoms with Crippen LogP contribution in [0, 0.1) is 13.8 Å². The van der Waals surface area contributed by atoms with Crippen molar-refractivity contribution >= 4 is 33.2 Å². The van der Waals surface area contributed by atoms with Gasteiger partial charge in [0.15, 0.2) is 0 Å². The van der Waals surface area contributed by atoms with E-state index in [-0.39, 0.29) is 16.5 Å². The van der Waals surface area contributed by atoms with Crippen molar-refractivity contribution in [2.75, 3.05) is 19.6 Å². The van der Waals surface area contributed by atoms with Crippen LogP contribution in [0.3, 0.4) is 0 Å². The molecular formula is C13H20Cl2N2O3S. The highest BCUT2D eigenvalue weighted by Gasteiger charge is 2.23. The molecule has 120 valence electrons. The van der Waals surface area contributed by atoms with E-state index in [2.05, 4.69) is 10.0 Å². The van der Waals surface area contributed by atoms with Crippen molar-refractivity contribution in [2.45, 2.75) is 31.8 Å². The molecule has 0 aliphatic rings. The minimum absolute atomic E-state index is 0.0182. The zero-order chi connectivity index (χ0) is 16.2. The molecule has 0 amide bonds. The van der Waals surface area contributed by atoms with Crippen LogP contribution in [-0.2, 0) is 10.0 Å². The summed E-state index contributed by atoms with van der Waals surface area (Å²) >= 11 is 12.1. The molecule has 1 aromatic carbocycles. The van der Waals surface area contributed by atoms with Crippen molar-refractivity contribution in [1.29, 1.82) is 0 Å². The van der Waals surface area contributed by atoms with Crippen molar-refractivity contribution in [2.24, 2.45) is 0 Å². The number of rotatable bonds is 7. The van der Waals surface area contributed by atoms with E-state index in [1.807, 2.05) is 0 Å². The lowest BCUT2D eigenvalue weighted by Crippen LogP contribution is -2.35. The maximum Gasteiger partial charge on any atom is 0.242 e. The summed E-state index contributed by atoms with van der Waals surface area (Å²) in [5.41, 5.74) is 1.04. The van der Waals surface area contributed by atoms with Crippen molar-refractivity contribution in [1.82, 2.24) is 10.0 Å². The summed E-state index contributed by atoms with van der Waals surface area (Å²) in [6, 6.07) is 1.64. The van der Waals surface area contributed by atoms with E-state index in [1.165, 1.54) is 0 Å². The van der Waals surface area contributed by atoms with Crippen molar-refractivity contribution in [3.63, 3.8) is 0 Å². The second-order valence-corrected chi connectivity index (χ2v) is 7.38. The van der Waals surface area contributed by atoms with Crippen LogP contribution < -0.4 is 10.0 Å². The van der Waals surface area contributed by atoms with Crippen LogP contribution in [0.5, 0.6) is 0 Å². The molecule has 0 radical (unpaired) electrons. The van der Waals surface area contributed by atoms with Crippen molar-refractivity contribution < 1.29 is 13.5 Å². The van der Waals surface area contributed by atoms with Gasteiger partial charge in [-0.2, -0.15) is 0 Å². The zero-order valence-corrected chi connectivity index (χ0v) is 14.5. The summed E-state index contributed by atoms with van der Waals surface area (Å²) in [4.78, 5) is 0.0182. The second-order valence-electron chi connectivity index (χ2n) is 4.89. The molecule has 0 saturated carbocycles. The van der Waals surface area contributed by atoms with Crippen molar-refractivity contribution in [3.05, 3.63) is 27.2 Å². The summed E-state index contributed by atoms with van der Waals surface area (Å²) in [7, 11) is -3.74. The fourth-order valence-corrected chi connectivity index (χ4v) is 4.03. The average molecular weight is 355 g/mol. The Morgan fingerprint density at radius 1 is 1.29 bits per heavy atom. The normalized spacial score (nSPS) is 13.4. The van der Waals surface area contributed by atoms with Gasteiger partial charge in [0.2, 0.25) is 10.0 Å². The molecule has 0 spiro atoms.